The van der Waals surface area contributed by atoms with E-state index in [9.17, 15) is 18.0 Å². The molecule has 1 aliphatic rings. The molecule has 2 rings (SSSR count). The van der Waals surface area contributed by atoms with Gasteiger partial charge in [0.25, 0.3) is 15.9 Å². The Bertz CT molecular complexity index is 690. The first-order valence-electron chi connectivity index (χ1n) is 6.60. The number of carbonyl (C=O) groups is 2. The molecule has 1 heterocycles. The molecule has 10 nitrogen and oxygen atoms in total. The largest absolute Gasteiger partial charge is 0.394 e. The zero-order chi connectivity index (χ0) is 18.5. The van der Waals surface area contributed by atoms with Crippen LogP contribution in [0.5, 0.6) is 0 Å². The lowest BCUT2D eigenvalue weighted by Crippen LogP contribution is -2.46. The SMILES string of the molecule is O=C1NS(=O)(=O)c2ccccc21.O=C[C@H](O)[C@H](O)[C@H](O)[C@H](O)CO. The average molecular weight is 363 g/mol. The Morgan fingerprint density at radius 1 is 1.08 bits per heavy atom. The fourth-order valence-electron chi connectivity index (χ4n) is 1.74. The Hall–Kier alpha value is -1.89. The van der Waals surface area contributed by atoms with Crippen LogP contribution in [-0.2, 0) is 14.8 Å². The summed E-state index contributed by atoms with van der Waals surface area (Å²) in [5.41, 5.74) is 0.220. The predicted molar refractivity (Wildman–Crippen MR) is 78.3 cm³/mol. The van der Waals surface area contributed by atoms with Crippen LogP contribution in [0.4, 0.5) is 0 Å². The van der Waals surface area contributed by atoms with Gasteiger partial charge < -0.3 is 30.3 Å². The maximum absolute atomic E-state index is 11.1. The average Bonchev–Trinajstić information content (AvgIpc) is 2.82. The molecule has 0 spiro atoms. The van der Waals surface area contributed by atoms with E-state index in [0.29, 0.717) is 0 Å². The third-order valence-corrected chi connectivity index (χ3v) is 4.46. The molecule has 0 unspecified atom stereocenters. The molecular formula is C13H17NO9S. The molecule has 0 aliphatic carbocycles. The van der Waals surface area contributed by atoms with Crippen LogP contribution in [0.15, 0.2) is 29.2 Å². The van der Waals surface area contributed by atoms with Gasteiger partial charge in [-0.05, 0) is 12.1 Å². The van der Waals surface area contributed by atoms with Crippen molar-refractivity contribution < 1.29 is 43.5 Å². The van der Waals surface area contributed by atoms with Gasteiger partial charge in [-0.3, -0.25) is 4.79 Å². The van der Waals surface area contributed by atoms with E-state index in [1.807, 2.05) is 4.72 Å². The van der Waals surface area contributed by atoms with Crippen molar-refractivity contribution in [2.45, 2.75) is 29.3 Å². The van der Waals surface area contributed by atoms with Crippen LogP contribution in [0.1, 0.15) is 10.4 Å². The van der Waals surface area contributed by atoms with Crippen LogP contribution < -0.4 is 4.72 Å². The van der Waals surface area contributed by atoms with E-state index in [1.165, 1.54) is 12.1 Å². The summed E-state index contributed by atoms with van der Waals surface area (Å²) in [6.45, 7) is -0.760. The number of aliphatic hydroxyl groups excluding tert-OH is 5. The van der Waals surface area contributed by atoms with Crippen molar-refractivity contribution in [2.24, 2.45) is 0 Å². The van der Waals surface area contributed by atoms with Gasteiger partial charge in [0.05, 0.1) is 12.2 Å². The first kappa shape index (κ1) is 20.2. The van der Waals surface area contributed by atoms with E-state index >= 15 is 0 Å². The molecule has 11 heteroatoms. The predicted octanol–water partition coefficient (Wildman–Crippen LogP) is -3.26. The monoisotopic (exact) mass is 363 g/mol. The zero-order valence-corrected chi connectivity index (χ0v) is 13.0. The van der Waals surface area contributed by atoms with Gasteiger partial charge in [0, 0.05) is 0 Å². The lowest BCUT2D eigenvalue weighted by atomic mass is 10.0. The first-order valence-corrected chi connectivity index (χ1v) is 8.08. The van der Waals surface area contributed by atoms with Crippen LogP contribution >= 0.6 is 0 Å². The van der Waals surface area contributed by atoms with Gasteiger partial charge in [-0.2, -0.15) is 0 Å². The highest BCUT2D eigenvalue weighted by Gasteiger charge is 2.31. The van der Waals surface area contributed by atoms with E-state index in [0.717, 1.165) is 0 Å². The fourth-order valence-corrected chi connectivity index (χ4v) is 2.91. The summed E-state index contributed by atoms with van der Waals surface area (Å²) < 4.78 is 24.2. The standard InChI is InChI=1S/C7H5NO3S.C6H12O6/c9-7-5-3-1-2-4-6(5)12(10,11)8-7;7-1-3(9)5(11)6(12)4(10)2-8/h1-4H,(H,8,9);1,3-6,8-12H,2H2/t;3-,4+,5-,6+/m.0/s1. The van der Waals surface area contributed by atoms with Crippen LogP contribution in [0.3, 0.4) is 0 Å². The summed E-state index contributed by atoms with van der Waals surface area (Å²) in [4.78, 5) is 21.0. The number of aliphatic hydroxyl groups is 5. The molecule has 0 fully saturated rings. The van der Waals surface area contributed by atoms with Gasteiger partial charge in [-0.1, -0.05) is 12.1 Å². The van der Waals surface area contributed by atoms with Gasteiger partial charge in [-0.25, -0.2) is 13.1 Å². The molecule has 0 saturated heterocycles. The number of sulfonamides is 1. The number of rotatable bonds is 5. The highest BCUT2D eigenvalue weighted by Crippen LogP contribution is 2.20. The summed E-state index contributed by atoms with van der Waals surface area (Å²) in [6, 6.07) is 6.09. The minimum atomic E-state index is -3.55. The molecule has 0 radical (unpaired) electrons. The van der Waals surface area contributed by atoms with Crippen LogP contribution in [0.2, 0.25) is 0 Å². The molecule has 1 aliphatic heterocycles. The molecule has 24 heavy (non-hydrogen) atoms. The fraction of sp³-hybridized carbons (Fsp3) is 0.385. The van der Waals surface area contributed by atoms with Gasteiger partial charge in [0.1, 0.15) is 29.3 Å². The topological polar surface area (TPSA) is 181 Å². The van der Waals surface area contributed by atoms with Crippen molar-refractivity contribution >= 4 is 22.2 Å². The van der Waals surface area contributed by atoms with Crippen molar-refractivity contribution in [3.05, 3.63) is 29.8 Å². The lowest BCUT2D eigenvalue weighted by Gasteiger charge is -2.22. The van der Waals surface area contributed by atoms with Crippen molar-refractivity contribution in [3.8, 4) is 0 Å². The maximum atomic E-state index is 11.1. The van der Waals surface area contributed by atoms with Crippen molar-refractivity contribution in [1.29, 1.82) is 0 Å². The second kappa shape index (κ2) is 8.28. The normalized spacial score (nSPS) is 19.8. The Kier molecular flexibility index (Phi) is 6.95. The molecular weight excluding hydrogens is 346 g/mol. The number of nitrogens with one attached hydrogen (secondary N) is 1. The van der Waals surface area contributed by atoms with Crippen LogP contribution in [0, 0.1) is 0 Å². The second-order valence-corrected chi connectivity index (χ2v) is 6.44. The Balaban J connectivity index is 0.000000240. The molecule has 1 aromatic rings. The first-order chi connectivity index (χ1) is 11.2. The van der Waals surface area contributed by atoms with Crippen LogP contribution in [0.25, 0.3) is 0 Å². The molecule has 1 amide bonds. The van der Waals surface area contributed by atoms with E-state index in [4.69, 9.17) is 25.5 Å². The van der Waals surface area contributed by atoms with Gasteiger partial charge >= 0.3 is 0 Å². The minimum Gasteiger partial charge on any atom is -0.394 e. The third-order valence-electron chi connectivity index (χ3n) is 3.07. The highest BCUT2D eigenvalue weighted by atomic mass is 32.2. The number of amides is 1. The third kappa shape index (κ3) is 4.56. The van der Waals surface area contributed by atoms with Gasteiger partial charge in [0.15, 0.2) is 6.29 Å². The molecule has 1 aromatic carbocycles. The summed E-state index contributed by atoms with van der Waals surface area (Å²) in [7, 11) is -3.55. The Morgan fingerprint density at radius 2 is 1.67 bits per heavy atom. The molecule has 134 valence electrons. The van der Waals surface area contributed by atoms with Crippen molar-refractivity contribution in [3.63, 3.8) is 0 Å². The zero-order valence-electron chi connectivity index (χ0n) is 12.2. The Labute approximate surface area is 137 Å². The quantitative estimate of drug-likeness (QED) is 0.292. The number of fused-ring (bicyclic) bond motifs is 1. The molecule has 0 aromatic heterocycles. The highest BCUT2D eigenvalue weighted by molar-refractivity contribution is 7.90. The van der Waals surface area contributed by atoms with E-state index < -0.39 is 47.0 Å². The van der Waals surface area contributed by atoms with Gasteiger partial charge in [0.2, 0.25) is 0 Å². The van der Waals surface area contributed by atoms with E-state index in [-0.39, 0.29) is 16.7 Å². The number of hydrogen-bond donors (Lipinski definition) is 6. The minimum absolute atomic E-state index is 0.0258. The van der Waals surface area contributed by atoms with Gasteiger partial charge in [-0.15, -0.1) is 0 Å². The maximum Gasteiger partial charge on any atom is 0.266 e. The van der Waals surface area contributed by atoms with Crippen molar-refractivity contribution in [1.82, 2.24) is 4.72 Å². The van der Waals surface area contributed by atoms with E-state index in [2.05, 4.69) is 0 Å². The summed E-state index contributed by atoms with van der Waals surface area (Å²) in [6.07, 6.45) is -6.84. The lowest BCUT2D eigenvalue weighted by molar-refractivity contribution is -0.136. The number of hydrogen-bond acceptors (Lipinski definition) is 9. The number of benzene rings is 1. The Morgan fingerprint density at radius 3 is 2.17 bits per heavy atom. The number of aldehydes is 1. The molecule has 0 bridgehead atoms. The van der Waals surface area contributed by atoms with E-state index in [1.54, 1.807) is 12.1 Å². The summed E-state index contributed by atoms with van der Waals surface area (Å²) >= 11 is 0. The summed E-state index contributed by atoms with van der Waals surface area (Å²) in [5, 5.41) is 43.5. The molecule has 0 saturated carbocycles. The number of carbonyl (C=O) groups excluding carboxylic acids is 2. The van der Waals surface area contributed by atoms with Crippen LogP contribution in [-0.4, -0.2) is 77.2 Å². The molecule has 4 atom stereocenters. The summed E-state index contributed by atoms with van der Waals surface area (Å²) in [5.74, 6) is -0.550. The van der Waals surface area contributed by atoms with Crippen molar-refractivity contribution in [2.75, 3.05) is 6.61 Å². The second-order valence-electron chi connectivity index (χ2n) is 4.79. The molecule has 6 N–H and O–H groups in total. The smallest absolute Gasteiger partial charge is 0.266 e.